The van der Waals surface area contributed by atoms with Crippen LogP contribution in [0.4, 0.5) is 0 Å². The van der Waals surface area contributed by atoms with E-state index >= 15 is 0 Å². The number of carbonyl (C=O) groups is 2. The summed E-state index contributed by atoms with van der Waals surface area (Å²) < 4.78 is 13.4. The molecule has 0 saturated carbocycles. The minimum atomic E-state index is -0.490. The van der Waals surface area contributed by atoms with Crippen LogP contribution in [0.1, 0.15) is 27.3 Å². The van der Waals surface area contributed by atoms with Crippen molar-refractivity contribution in [3.05, 3.63) is 75.5 Å². The molecule has 0 aliphatic heterocycles. The SMILES string of the molecule is COc1cc(C(=O)NNC(=O)Cn2nc(C)cc2C)cc(Br)c1OCc1ccccc1. The highest BCUT2D eigenvalue weighted by Crippen LogP contribution is 2.37. The van der Waals surface area contributed by atoms with Gasteiger partial charge in [-0.2, -0.15) is 5.10 Å². The van der Waals surface area contributed by atoms with Crippen molar-refractivity contribution in [3.63, 3.8) is 0 Å². The van der Waals surface area contributed by atoms with Gasteiger partial charge >= 0.3 is 0 Å². The van der Waals surface area contributed by atoms with Gasteiger partial charge in [-0.3, -0.25) is 25.1 Å². The van der Waals surface area contributed by atoms with Crippen molar-refractivity contribution in [2.45, 2.75) is 27.0 Å². The first-order chi connectivity index (χ1) is 14.9. The van der Waals surface area contributed by atoms with Gasteiger partial charge in [0, 0.05) is 11.3 Å². The predicted octanol–water partition coefficient (Wildman–Crippen LogP) is 3.31. The van der Waals surface area contributed by atoms with Gasteiger partial charge in [-0.15, -0.1) is 0 Å². The van der Waals surface area contributed by atoms with Crippen molar-refractivity contribution in [2.75, 3.05) is 7.11 Å². The number of aromatic nitrogens is 2. The lowest BCUT2D eigenvalue weighted by molar-refractivity contribution is -0.122. The molecule has 0 bridgehead atoms. The summed E-state index contributed by atoms with van der Waals surface area (Å²) in [5, 5.41) is 4.23. The molecule has 0 saturated heterocycles. The molecule has 2 N–H and O–H groups in total. The van der Waals surface area contributed by atoms with E-state index in [2.05, 4.69) is 31.9 Å². The molecule has 0 spiro atoms. The number of aryl methyl sites for hydroxylation is 2. The lowest BCUT2D eigenvalue weighted by atomic mass is 10.2. The molecule has 0 unspecified atom stereocenters. The van der Waals surface area contributed by atoms with Crippen LogP contribution in [0.5, 0.6) is 11.5 Å². The van der Waals surface area contributed by atoms with Gasteiger partial charge in [0.05, 0.1) is 17.3 Å². The molecule has 1 aromatic heterocycles. The van der Waals surface area contributed by atoms with Gasteiger partial charge in [0.25, 0.3) is 11.8 Å². The van der Waals surface area contributed by atoms with Crippen molar-refractivity contribution < 1.29 is 19.1 Å². The molecule has 31 heavy (non-hydrogen) atoms. The molecule has 8 nitrogen and oxygen atoms in total. The van der Waals surface area contributed by atoms with Gasteiger partial charge in [0.1, 0.15) is 13.2 Å². The van der Waals surface area contributed by atoms with Gasteiger partial charge < -0.3 is 9.47 Å². The first kappa shape index (κ1) is 22.4. The molecule has 0 radical (unpaired) electrons. The molecular formula is C22H23BrN4O4. The van der Waals surface area contributed by atoms with E-state index < -0.39 is 11.8 Å². The van der Waals surface area contributed by atoms with E-state index in [1.807, 2.05) is 50.2 Å². The Bertz CT molecular complexity index is 1080. The number of hydrogen-bond donors (Lipinski definition) is 2. The number of hydrogen-bond acceptors (Lipinski definition) is 5. The number of benzene rings is 2. The van der Waals surface area contributed by atoms with Crippen LogP contribution in [0.3, 0.4) is 0 Å². The fourth-order valence-corrected chi connectivity index (χ4v) is 3.49. The van der Waals surface area contributed by atoms with E-state index in [1.165, 1.54) is 7.11 Å². The first-order valence-corrected chi connectivity index (χ1v) is 10.3. The van der Waals surface area contributed by atoms with Crippen molar-refractivity contribution in [1.82, 2.24) is 20.6 Å². The molecule has 0 aliphatic rings. The van der Waals surface area contributed by atoms with E-state index in [9.17, 15) is 9.59 Å². The summed E-state index contributed by atoms with van der Waals surface area (Å²) in [7, 11) is 1.50. The summed E-state index contributed by atoms with van der Waals surface area (Å²) in [5.74, 6) is -0.00962. The standard InChI is InChI=1S/C22H23BrN4O4/c1-14-9-15(2)27(26-14)12-20(28)24-25-22(29)17-10-18(23)21(19(11-17)30-3)31-13-16-7-5-4-6-8-16/h4-11H,12-13H2,1-3H3,(H,24,28)(H,25,29). The first-order valence-electron chi connectivity index (χ1n) is 9.52. The molecule has 1 heterocycles. The monoisotopic (exact) mass is 486 g/mol. The van der Waals surface area contributed by atoms with Crippen LogP contribution in [-0.2, 0) is 17.9 Å². The van der Waals surface area contributed by atoms with Gasteiger partial charge in [0.2, 0.25) is 0 Å². The maximum Gasteiger partial charge on any atom is 0.269 e. The Labute approximate surface area is 188 Å². The van der Waals surface area contributed by atoms with Crippen LogP contribution in [0.25, 0.3) is 0 Å². The Balaban J connectivity index is 1.63. The smallest absolute Gasteiger partial charge is 0.269 e. The summed E-state index contributed by atoms with van der Waals surface area (Å²) in [6.07, 6.45) is 0. The third-order valence-electron chi connectivity index (χ3n) is 4.43. The number of carbonyl (C=O) groups excluding carboxylic acids is 2. The van der Waals surface area contributed by atoms with Crippen molar-refractivity contribution in [2.24, 2.45) is 0 Å². The zero-order valence-corrected chi connectivity index (χ0v) is 19.0. The van der Waals surface area contributed by atoms with Gasteiger partial charge in [0.15, 0.2) is 11.5 Å². The van der Waals surface area contributed by atoms with Gasteiger partial charge in [-0.1, -0.05) is 30.3 Å². The average Bonchev–Trinajstić information content (AvgIpc) is 3.07. The minimum absolute atomic E-state index is 0.000761. The highest BCUT2D eigenvalue weighted by atomic mass is 79.9. The minimum Gasteiger partial charge on any atom is -0.493 e. The molecule has 9 heteroatoms. The zero-order valence-electron chi connectivity index (χ0n) is 17.4. The number of nitrogens with one attached hydrogen (secondary N) is 2. The number of nitrogens with zero attached hydrogens (tertiary/aromatic N) is 2. The molecule has 0 atom stereocenters. The fraction of sp³-hybridized carbons (Fsp3) is 0.227. The highest BCUT2D eigenvalue weighted by Gasteiger charge is 2.17. The molecule has 3 aromatic rings. The van der Waals surface area contributed by atoms with Crippen molar-refractivity contribution in [1.29, 1.82) is 0 Å². The normalized spacial score (nSPS) is 10.5. The Morgan fingerprint density at radius 2 is 1.84 bits per heavy atom. The number of hydrazine groups is 1. The van der Waals surface area contributed by atoms with Crippen LogP contribution in [-0.4, -0.2) is 28.7 Å². The average molecular weight is 487 g/mol. The maximum atomic E-state index is 12.5. The number of rotatable bonds is 7. The Kier molecular flexibility index (Phi) is 7.30. The van der Waals surface area contributed by atoms with Crippen LogP contribution in [0, 0.1) is 13.8 Å². The molecule has 2 amide bonds. The fourth-order valence-electron chi connectivity index (χ4n) is 2.93. The van der Waals surface area contributed by atoms with Crippen LogP contribution in [0.2, 0.25) is 0 Å². The van der Waals surface area contributed by atoms with Gasteiger partial charge in [-0.05, 0) is 53.5 Å². The summed E-state index contributed by atoms with van der Waals surface area (Å²) in [6.45, 7) is 4.06. The van der Waals surface area contributed by atoms with E-state index in [1.54, 1.807) is 16.8 Å². The maximum absolute atomic E-state index is 12.5. The zero-order chi connectivity index (χ0) is 22.4. The second-order valence-corrected chi connectivity index (χ2v) is 7.71. The Morgan fingerprint density at radius 1 is 1.10 bits per heavy atom. The molecule has 0 aliphatic carbocycles. The molecule has 0 fully saturated rings. The summed E-state index contributed by atoms with van der Waals surface area (Å²) in [6, 6.07) is 14.7. The van der Waals surface area contributed by atoms with E-state index in [-0.39, 0.29) is 6.54 Å². The topological polar surface area (TPSA) is 94.5 Å². The number of halogens is 1. The largest absolute Gasteiger partial charge is 0.493 e. The molecule has 3 rings (SSSR count). The molecule has 2 aromatic carbocycles. The van der Waals surface area contributed by atoms with Crippen molar-refractivity contribution >= 4 is 27.7 Å². The number of methoxy groups -OCH3 is 1. The van der Waals surface area contributed by atoms with E-state index in [0.29, 0.717) is 28.1 Å². The molecule has 162 valence electrons. The van der Waals surface area contributed by atoms with Crippen LogP contribution in [0.15, 0.2) is 53.0 Å². The van der Waals surface area contributed by atoms with Crippen molar-refractivity contribution in [3.8, 4) is 11.5 Å². The number of ether oxygens (including phenoxy) is 2. The third kappa shape index (κ3) is 5.85. The quantitative estimate of drug-likeness (QED) is 0.499. The van der Waals surface area contributed by atoms with Gasteiger partial charge in [-0.25, -0.2) is 0 Å². The lowest BCUT2D eigenvalue weighted by Crippen LogP contribution is -2.43. The predicted molar refractivity (Wildman–Crippen MR) is 119 cm³/mol. The third-order valence-corrected chi connectivity index (χ3v) is 5.02. The lowest BCUT2D eigenvalue weighted by Gasteiger charge is -2.15. The summed E-state index contributed by atoms with van der Waals surface area (Å²) in [4.78, 5) is 24.7. The Morgan fingerprint density at radius 3 is 2.48 bits per heavy atom. The Hall–Kier alpha value is -3.33. The van der Waals surface area contributed by atoms with E-state index in [0.717, 1.165) is 17.0 Å². The highest BCUT2D eigenvalue weighted by molar-refractivity contribution is 9.10. The van der Waals surface area contributed by atoms with Crippen LogP contribution < -0.4 is 20.3 Å². The summed E-state index contributed by atoms with van der Waals surface area (Å²) in [5.41, 5.74) is 7.78. The van der Waals surface area contributed by atoms with E-state index in [4.69, 9.17) is 9.47 Å². The summed E-state index contributed by atoms with van der Waals surface area (Å²) >= 11 is 3.43. The number of amides is 2. The second-order valence-electron chi connectivity index (χ2n) is 6.85. The second kappa shape index (κ2) is 10.1. The van der Waals surface area contributed by atoms with Crippen LogP contribution >= 0.6 is 15.9 Å². The molecular weight excluding hydrogens is 464 g/mol.